The monoisotopic (exact) mass is 278 g/mol. The van der Waals surface area contributed by atoms with E-state index in [1.165, 1.54) is 11.3 Å². The van der Waals surface area contributed by atoms with Crippen molar-refractivity contribution < 1.29 is 9.90 Å². The number of carbonyl (C=O) groups excluding carboxylic acids is 1. The van der Waals surface area contributed by atoms with Gasteiger partial charge in [-0.3, -0.25) is 4.79 Å². The summed E-state index contributed by atoms with van der Waals surface area (Å²) in [7, 11) is 2.08. The van der Waals surface area contributed by atoms with Gasteiger partial charge < -0.3 is 14.9 Å². The van der Waals surface area contributed by atoms with Crippen molar-refractivity contribution >= 4 is 17.2 Å². The highest BCUT2D eigenvalue weighted by Gasteiger charge is 2.21. The van der Waals surface area contributed by atoms with E-state index in [0.717, 1.165) is 38.2 Å². The van der Waals surface area contributed by atoms with Crippen molar-refractivity contribution in [2.75, 3.05) is 39.8 Å². The number of carbonyl (C=O) groups is 1. The first-order valence-electron chi connectivity index (χ1n) is 6.37. The Hall–Kier alpha value is -1.35. The maximum absolute atomic E-state index is 12.5. The Kier molecular flexibility index (Phi) is 4.97. The van der Waals surface area contributed by atoms with Gasteiger partial charge in [0.05, 0.1) is 0 Å². The highest BCUT2D eigenvalue weighted by atomic mass is 32.1. The van der Waals surface area contributed by atoms with Gasteiger partial charge in [-0.25, -0.2) is 0 Å². The van der Waals surface area contributed by atoms with Crippen LogP contribution in [0.2, 0.25) is 0 Å². The van der Waals surface area contributed by atoms with Crippen LogP contribution < -0.4 is 0 Å². The first-order valence-corrected chi connectivity index (χ1v) is 7.25. The molecule has 0 spiro atoms. The number of nitrogens with zero attached hydrogens (tertiary/aromatic N) is 2. The van der Waals surface area contributed by atoms with Crippen LogP contribution in [0.25, 0.3) is 0 Å². The second-order valence-electron chi connectivity index (χ2n) is 4.57. The molecule has 1 fully saturated rings. The highest BCUT2D eigenvalue weighted by Crippen LogP contribution is 2.19. The summed E-state index contributed by atoms with van der Waals surface area (Å²) in [6.45, 7) is 3.33. The van der Waals surface area contributed by atoms with Gasteiger partial charge >= 0.3 is 0 Å². The SMILES string of the molecule is CN1CCCN(C(=O)c2sccc2C#CCO)CC1. The van der Waals surface area contributed by atoms with Gasteiger partial charge in [0.2, 0.25) is 0 Å². The first-order chi connectivity index (χ1) is 9.22. The largest absolute Gasteiger partial charge is 0.384 e. The third kappa shape index (κ3) is 3.57. The van der Waals surface area contributed by atoms with Crippen LogP contribution in [0.3, 0.4) is 0 Å². The Balaban J connectivity index is 2.13. The average Bonchev–Trinajstić information content (AvgIpc) is 2.77. The molecule has 1 aromatic heterocycles. The van der Waals surface area contributed by atoms with Gasteiger partial charge in [-0.1, -0.05) is 11.8 Å². The molecule has 2 rings (SSSR count). The lowest BCUT2D eigenvalue weighted by Crippen LogP contribution is -2.34. The number of aliphatic hydroxyl groups excluding tert-OH is 1. The molecule has 1 aliphatic heterocycles. The summed E-state index contributed by atoms with van der Waals surface area (Å²) in [4.78, 5) is 17.3. The van der Waals surface area contributed by atoms with E-state index in [2.05, 4.69) is 23.8 Å². The summed E-state index contributed by atoms with van der Waals surface area (Å²) >= 11 is 1.42. The fourth-order valence-electron chi connectivity index (χ4n) is 2.10. The van der Waals surface area contributed by atoms with E-state index < -0.39 is 0 Å². The number of rotatable bonds is 1. The standard InChI is InChI=1S/C14H18N2O2S/c1-15-6-3-7-16(9-8-15)14(18)13-12(4-2-10-17)5-11-19-13/h5,11,17H,3,6-10H2,1H3. The predicted octanol–water partition coefficient (Wildman–Crippen LogP) is 0.870. The average molecular weight is 278 g/mol. The minimum absolute atomic E-state index is 0.0625. The van der Waals surface area contributed by atoms with Crippen molar-refractivity contribution in [3.8, 4) is 11.8 Å². The van der Waals surface area contributed by atoms with E-state index in [4.69, 9.17) is 5.11 Å². The maximum Gasteiger partial charge on any atom is 0.265 e. The normalized spacial score (nSPS) is 16.6. The third-order valence-corrected chi connectivity index (χ3v) is 4.07. The third-order valence-electron chi connectivity index (χ3n) is 3.17. The molecule has 1 aromatic rings. The maximum atomic E-state index is 12.5. The van der Waals surface area contributed by atoms with Crippen LogP contribution in [-0.2, 0) is 0 Å². The minimum Gasteiger partial charge on any atom is -0.384 e. The summed E-state index contributed by atoms with van der Waals surface area (Å²) in [5, 5.41) is 10.6. The minimum atomic E-state index is -0.183. The molecular weight excluding hydrogens is 260 g/mol. The summed E-state index contributed by atoms with van der Waals surface area (Å²) in [5.74, 6) is 5.50. The molecule has 0 unspecified atom stereocenters. The fraction of sp³-hybridized carbons (Fsp3) is 0.500. The van der Waals surface area contributed by atoms with Crippen LogP contribution >= 0.6 is 11.3 Å². The van der Waals surface area contributed by atoms with Gasteiger partial charge in [0.1, 0.15) is 11.5 Å². The van der Waals surface area contributed by atoms with Crippen LogP contribution in [0, 0.1) is 11.8 Å². The van der Waals surface area contributed by atoms with Gasteiger partial charge in [-0.05, 0) is 31.5 Å². The van der Waals surface area contributed by atoms with Crippen molar-refractivity contribution in [2.24, 2.45) is 0 Å². The number of aliphatic hydroxyl groups is 1. The number of thiophene rings is 1. The zero-order valence-electron chi connectivity index (χ0n) is 11.1. The van der Waals surface area contributed by atoms with Crippen molar-refractivity contribution in [2.45, 2.75) is 6.42 Å². The molecule has 1 aliphatic rings. The number of hydrogen-bond acceptors (Lipinski definition) is 4. The summed E-state index contributed by atoms with van der Waals surface area (Å²) in [6, 6.07) is 1.84. The molecule has 5 heteroatoms. The smallest absolute Gasteiger partial charge is 0.265 e. The lowest BCUT2D eigenvalue weighted by Gasteiger charge is -2.20. The molecule has 0 aromatic carbocycles. The van der Waals surface area contributed by atoms with E-state index in [9.17, 15) is 4.79 Å². The Bertz CT molecular complexity index is 501. The van der Waals surface area contributed by atoms with Gasteiger partial charge in [0.25, 0.3) is 5.91 Å². The molecule has 1 saturated heterocycles. The molecule has 0 bridgehead atoms. The number of likely N-dealkylation sites (N-methyl/N-ethyl adjacent to an activating group) is 1. The van der Waals surface area contributed by atoms with E-state index in [1.807, 2.05) is 16.3 Å². The van der Waals surface area contributed by atoms with Crippen LogP contribution in [0.4, 0.5) is 0 Å². The molecule has 1 N–H and O–H groups in total. The van der Waals surface area contributed by atoms with Crippen molar-refractivity contribution in [1.82, 2.24) is 9.80 Å². The van der Waals surface area contributed by atoms with Crippen LogP contribution in [0.5, 0.6) is 0 Å². The molecule has 1 amide bonds. The Morgan fingerprint density at radius 1 is 1.42 bits per heavy atom. The lowest BCUT2D eigenvalue weighted by molar-refractivity contribution is 0.0767. The molecule has 0 radical (unpaired) electrons. The molecule has 0 saturated carbocycles. The fourth-order valence-corrected chi connectivity index (χ4v) is 2.92. The summed E-state index contributed by atoms with van der Waals surface area (Å²) in [5.41, 5.74) is 0.724. The van der Waals surface area contributed by atoms with E-state index in [1.54, 1.807) is 0 Å². The molecule has 19 heavy (non-hydrogen) atoms. The van der Waals surface area contributed by atoms with Crippen molar-refractivity contribution in [3.05, 3.63) is 21.9 Å². The van der Waals surface area contributed by atoms with Gasteiger partial charge in [-0.2, -0.15) is 0 Å². The van der Waals surface area contributed by atoms with E-state index in [0.29, 0.717) is 4.88 Å². The number of hydrogen-bond donors (Lipinski definition) is 1. The quantitative estimate of drug-likeness (QED) is 0.775. The zero-order chi connectivity index (χ0) is 13.7. The first kappa shape index (κ1) is 14.1. The highest BCUT2D eigenvalue weighted by molar-refractivity contribution is 7.12. The van der Waals surface area contributed by atoms with Crippen LogP contribution in [-0.4, -0.2) is 60.6 Å². The molecule has 4 nitrogen and oxygen atoms in total. The van der Waals surface area contributed by atoms with Crippen molar-refractivity contribution in [1.29, 1.82) is 0 Å². The second-order valence-corrected chi connectivity index (χ2v) is 5.49. The second kappa shape index (κ2) is 6.71. The Morgan fingerprint density at radius 2 is 2.26 bits per heavy atom. The van der Waals surface area contributed by atoms with Crippen LogP contribution in [0.1, 0.15) is 21.7 Å². The van der Waals surface area contributed by atoms with E-state index in [-0.39, 0.29) is 12.5 Å². The molecule has 0 aliphatic carbocycles. The molecule has 102 valence electrons. The topological polar surface area (TPSA) is 43.8 Å². The molecule has 0 atom stereocenters. The van der Waals surface area contributed by atoms with Gasteiger partial charge in [0.15, 0.2) is 0 Å². The zero-order valence-corrected chi connectivity index (χ0v) is 11.9. The summed E-state index contributed by atoms with van der Waals surface area (Å²) < 4.78 is 0. The van der Waals surface area contributed by atoms with E-state index >= 15 is 0 Å². The lowest BCUT2D eigenvalue weighted by atomic mass is 10.2. The van der Waals surface area contributed by atoms with Gasteiger partial charge in [-0.15, -0.1) is 11.3 Å². The number of amides is 1. The van der Waals surface area contributed by atoms with Gasteiger partial charge in [0, 0.05) is 25.2 Å². The van der Waals surface area contributed by atoms with Crippen LogP contribution in [0.15, 0.2) is 11.4 Å². The van der Waals surface area contributed by atoms with Crippen molar-refractivity contribution in [3.63, 3.8) is 0 Å². The summed E-state index contributed by atoms with van der Waals surface area (Å²) in [6.07, 6.45) is 1.01. The Morgan fingerprint density at radius 3 is 3.05 bits per heavy atom. The Labute approximate surface area is 117 Å². The molecular formula is C14H18N2O2S. The molecule has 2 heterocycles. The predicted molar refractivity (Wildman–Crippen MR) is 76.3 cm³/mol.